The summed E-state index contributed by atoms with van der Waals surface area (Å²) < 4.78 is 19.9. The maximum Gasteiger partial charge on any atom is 0.258 e. The summed E-state index contributed by atoms with van der Waals surface area (Å²) in [6.45, 7) is 1.81. The number of imide groups is 2. The average molecular weight is 708 g/mol. The van der Waals surface area contributed by atoms with Gasteiger partial charge < -0.3 is 9.84 Å². The van der Waals surface area contributed by atoms with Gasteiger partial charge in [0.2, 0.25) is 11.8 Å². The molecule has 3 aromatic carbocycles. The lowest BCUT2D eigenvalue weighted by atomic mass is 9.56. The smallest absolute Gasteiger partial charge is 0.258 e. The van der Waals surface area contributed by atoms with Gasteiger partial charge in [0, 0.05) is 22.9 Å². The molecule has 8 rings (SSSR count). The fraction of sp³-hybridized carbons (Fsp3) is 0.278. The molecule has 1 saturated carbocycles. The first-order valence-corrected chi connectivity index (χ1v) is 16.5. The van der Waals surface area contributed by atoms with Gasteiger partial charge in [0.25, 0.3) is 11.8 Å². The number of carbonyl (C=O) groups is 4. The SMILES string of the molecule is Cc1ccc(N2C(=O)[C@H]3[C@H](CC=C4[C@H](C5=COc6ccc(O)cc6C5)[C@]5(Cl)C(=O)N(c6ccc(F)cc6)C(=O)[C@]5(Cl)C[C@H]43)C2=O)cc1Cl. The van der Waals surface area contributed by atoms with Gasteiger partial charge in [-0.1, -0.05) is 29.3 Å². The first-order chi connectivity index (χ1) is 22.8. The van der Waals surface area contributed by atoms with E-state index in [1.165, 1.54) is 24.5 Å². The number of phenolic OH excluding ortho intramolecular Hbond substituents is 1. The third-order valence-electron chi connectivity index (χ3n) is 10.5. The molecular formula is C36H26Cl3FN2O6. The van der Waals surface area contributed by atoms with E-state index in [0.29, 0.717) is 33.2 Å². The summed E-state index contributed by atoms with van der Waals surface area (Å²) in [5.74, 6) is -5.96. The van der Waals surface area contributed by atoms with Crippen LogP contribution in [0, 0.1) is 36.4 Å². The van der Waals surface area contributed by atoms with Crippen LogP contribution in [0.2, 0.25) is 5.02 Å². The Kier molecular flexibility index (Phi) is 6.91. The van der Waals surface area contributed by atoms with E-state index in [4.69, 9.17) is 39.5 Å². The second-order valence-corrected chi connectivity index (χ2v) is 14.6. The predicted molar refractivity (Wildman–Crippen MR) is 177 cm³/mol. The molecule has 3 aliphatic heterocycles. The number of phenols is 1. The van der Waals surface area contributed by atoms with E-state index in [1.807, 2.05) is 13.0 Å². The Morgan fingerprint density at radius 2 is 1.62 bits per heavy atom. The van der Waals surface area contributed by atoms with Crippen molar-refractivity contribution in [3.05, 3.63) is 106 Å². The number of amides is 4. The van der Waals surface area contributed by atoms with Crippen molar-refractivity contribution in [3.63, 3.8) is 0 Å². The molecule has 8 nitrogen and oxygen atoms in total. The van der Waals surface area contributed by atoms with Gasteiger partial charge in [0.15, 0.2) is 9.75 Å². The molecule has 4 amide bonds. The van der Waals surface area contributed by atoms with Gasteiger partial charge in [-0.2, -0.15) is 0 Å². The maximum absolute atomic E-state index is 14.5. The van der Waals surface area contributed by atoms with Crippen molar-refractivity contribution in [1.82, 2.24) is 0 Å². The first-order valence-electron chi connectivity index (χ1n) is 15.4. The highest BCUT2D eigenvalue weighted by Gasteiger charge is 2.77. The highest BCUT2D eigenvalue weighted by molar-refractivity contribution is 6.58. The number of allylic oxidation sites excluding steroid dienone is 3. The fourth-order valence-corrected chi connectivity index (χ4v) is 9.31. The number of aryl methyl sites for hydroxylation is 1. The molecule has 0 radical (unpaired) electrons. The third-order valence-corrected chi connectivity index (χ3v) is 12.3. The molecule has 3 heterocycles. The van der Waals surface area contributed by atoms with Crippen molar-refractivity contribution in [3.8, 4) is 11.5 Å². The lowest BCUT2D eigenvalue weighted by molar-refractivity contribution is -0.125. The highest BCUT2D eigenvalue weighted by atomic mass is 35.5. The van der Waals surface area contributed by atoms with Crippen LogP contribution >= 0.6 is 34.8 Å². The Balaban J connectivity index is 1.27. The first kappa shape index (κ1) is 31.1. The molecule has 3 aromatic rings. The summed E-state index contributed by atoms with van der Waals surface area (Å²) in [5.41, 5.74) is 2.94. The molecule has 2 saturated heterocycles. The van der Waals surface area contributed by atoms with Crippen molar-refractivity contribution in [2.24, 2.45) is 23.7 Å². The number of anilines is 2. The summed E-state index contributed by atoms with van der Waals surface area (Å²) in [6.07, 6.45) is 3.47. The van der Waals surface area contributed by atoms with Crippen LogP contribution in [0.3, 0.4) is 0 Å². The quantitative estimate of drug-likeness (QED) is 0.187. The normalized spacial score (nSPS) is 30.7. The van der Waals surface area contributed by atoms with Gasteiger partial charge in [-0.15, -0.1) is 23.2 Å². The van der Waals surface area contributed by atoms with Gasteiger partial charge in [0.1, 0.15) is 17.3 Å². The molecule has 0 aromatic heterocycles. The lowest BCUT2D eigenvalue weighted by Crippen LogP contribution is -2.61. The molecule has 1 N–H and O–H groups in total. The minimum atomic E-state index is -2.09. The van der Waals surface area contributed by atoms with Gasteiger partial charge in [-0.3, -0.25) is 19.2 Å². The van der Waals surface area contributed by atoms with Crippen molar-refractivity contribution in [2.75, 3.05) is 9.80 Å². The lowest BCUT2D eigenvalue weighted by Gasteiger charge is -2.51. The highest BCUT2D eigenvalue weighted by Crippen LogP contribution is 2.65. The molecule has 6 atom stereocenters. The van der Waals surface area contributed by atoms with Crippen LogP contribution in [-0.4, -0.2) is 38.5 Å². The Hall–Kier alpha value is -4.18. The van der Waals surface area contributed by atoms with E-state index in [-0.39, 0.29) is 30.7 Å². The summed E-state index contributed by atoms with van der Waals surface area (Å²) in [5, 5.41) is 10.6. The van der Waals surface area contributed by atoms with Crippen molar-refractivity contribution >= 4 is 69.8 Å². The molecule has 5 aliphatic rings. The summed E-state index contributed by atoms with van der Waals surface area (Å²) in [7, 11) is 0. The Morgan fingerprint density at radius 1 is 0.896 bits per heavy atom. The van der Waals surface area contributed by atoms with E-state index < -0.39 is 62.9 Å². The predicted octanol–water partition coefficient (Wildman–Crippen LogP) is 6.61. The van der Waals surface area contributed by atoms with Crippen LogP contribution in [0.25, 0.3) is 0 Å². The summed E-state index contributed by atoms with van der Waals surface area (Å²) >= 11 is 21.3. The number of aromatic hydroxyl groups is 1. The van der Waals surface area contributed by atoms with Crippen LogP contribution in [0.4, 0.5) is 15.8 Å². The van der Waals surface area contributed by atoms with Gasteiger partial charge in [0.05, 0.1) is 29.5 Å². The van der Waals surface area contributed by atoms with Gasteiger partial charge in [-0.25, -0.2) is 14.2 Å². The summed E-state index contributed by atoms with van der Waals surface area (Å²) in [4.78, 5) is 55.0. The minimum absolute atomic E-state index is 0.00749. The molecule has 48 heavy (non-hydrogen) atoms. The average Bonchev–Trinajstić information content (AvgIpc) is 3.40. The number of halogens is 4. The molecular weight excluding hydrogens is 682 g/mol. The fourth-order valence-electron chi connectivity index (χ4n) is 8.19. The number of carbonyl (C=O) groups excluding carboxylic acids is 4. The molecule has 0 spiro atoms. The number of fused-ring (bicyclic) bond motifs is 5. The number of alkyl halides is 2. The number of benzene rings is 3. The second-order valence-electron chi connectivity index (χ2n) is 13.0. The van der Waals surface area contributed by atoms with Crippen molar-refractivity contribution < 1.29 is 33.4 Å². The standard InChI is InChI=1S/C36H26Cl3FN2O6/c1-17-2-5-22(14-27(17)37)41-31(44)25-10-9-24-26(29(25)32(41)45)15-35(38)33(46)42(21-6-3-20(40)4-7-21)34(47)36(35,39)30(24)19-12-18-13-23(43)8-11-28(18)48-16-19/h2-9,11,13-14,16,25-26,29-30,43H,10,12,15H2,1H3/t25-,26+,29-,30-,35+,36-/m0/s1. The van der Waals surface area contributed by atoms with Crippen LogP contribution in [0.1, 0.15) is 24.0 Å². The Labute approximate surface area is 289 Å². The number of hydrogen-bond donors (Lipinski definition) is 1. The molecule has 0 unspecified atom stereocenters. The number of rotatable bonds is 3. The number of hydrogen-bond acceptors (Lipinski definition) is 6. The maximum atomic E-state index is 14.5. The van der Waals surface area contributed by atoms with E-state index in [9.17, 15) is 28.7 Å². The van der Waals surface area contributed by atoms with Crippen LogP contribution in [0.15, 0.2) is 84.1 Å². The van der Waals surface area contributed by atoms with E-state index in [1.54, 1.807) is 30.3 Å². The van der Waals surface area contributed by atoms with E-state index in [2.05, 4.69) is 0 Å². The zero-order valence-electron chi connectivity index (χ0n) is 25.3. The van der Waals surface area contributed by atoms with E-state index in [0.717, 1.165) is 27.5 Å². The molecule has 2 aliphatic carbocycles. The zero-order valence-corrected chi connectivity index (χ0v) is 27.5. The van der Waals surface area contributed by atoms with Gasteiger partial charge >= 0.3 is 0 Å². The van der Waals surface area contributed by atoms with Crippen molar-refractivity contribution in [1.29, 1.82) is 0 Å². The van der Waals surface area contributed by atoms with E-state index >= 15 is 0 Å². The van der Waals surface area contributed by atoms with Crippen LogP contribution in [0.5, 0.6) is 11.5 Å². The monoisotopic (exact) mass is 706 g/mol. The molecule has 244 valence electrons. The number of nitrogens with zero attached hydrogens (tertiary/aromatic N) is 2. The molecule has 12 heteroatoms. The largest absolute Gasteiger partial charge is 0.508 e. The molecule has 0 bridgehead atoms. The van der Waals surface area contributed by atoms with Gasteiger partial charge in [-0.05, 0) is 91.4 Å². The topological polar surface area (TPSA) is 104 Å². The minimum Gasteiger partial charge on any atom is -0.508 e. The van der Waals surface area contributed by atoms with Crippen molar-refractivity contribution in [2.45, 2.75) is 35.9 Å². The van der Waals surface area contributed by atoms with Crippen LogP contribution in [-0.2, 0) is 25.6 Å². The Bertz CT molecular complexity index is 2050. The third kappa shape index (κ3) is 4.13. The van der Waals surface area contributed by atoms with Crippen LogP contribution < -0.4 is 14.5 Å². The number of ether oxygens (including phenoxy) is 1. The molecule has 3 fully saturated rings. The second kappa shape index (κ2) is 10.7. The zero-order chi connectivity index (χ0) is 33.9. The Morgan fingerprint density at radius 3 is 2.35 bits per heavy atom. The summed E-state index contributed by atoms with van der Waals surface area (Å²) in [6, 6.07) is 14.5.